The van der Waals surface area contributed by atoms with Crippen LogP contribution >= 0.6 is 0 Å². The minimum atomic E-state index is 1.06. The van der Waals surface area contributed by atoms with Gasteiger partial charge in [0, 0.05) is 0 Å². The van der Waals surface area contributed by atoms with Crippen molar-refractivity contribution in [3.8, 4) is 0 Å². The summed E-state index contributed by atoms with van der Waals surface area (Å²) in [6, 6.07) is 8.42. The highest BCUT2D eigenvalue weighted by atomic mass is 14.1. The summed E-state index contributed by atoms with van der Waals surface area (Å²) in [4.78, 5) is 0. The molecule has 1 aromatic rings. The lowest BCUT2D eigenvalue weighted by molar-refractivity contribution is 0.823. The van der Waals surface area contributed by atoms with Crippen LogP contribution in [0.2, 0.25) is 0 Å². The van der Waals surface area contributed by atoms with Gasteiger partial charge in [-0.2, -0.15) is 0 Å². The molecule has 0 saturated heterocycles. The Morgan fingerprint density at radius 1 is 1.09 bits per heavy atom. The van der Waals surface area contributed by atoms with Crippen LogP contribution in [0.4, 0.5) is 0 Å². The van der Waals surface area contributed by atoms with Crippen molar-refractivity contribution in [1.29, 1.82) is 0 Å². The lowest BCUT2D eigenvalue weighted by Crippen LogP contribution is -1.99. The van der Waals surface area contributed by atoms with Crippen molar-refractivity contribution in [2.75, 3.05) is 0 Å². The molecule has 0 heteroatoms. The second-order valence-electron chi connectivity index (χ2n) is 3.04. The van der Waals surface area contributed by atoms with Crippen molar-refractivity contribution in [2.24, 2.45) is 0 Å². The van der Waals surface area contributed by atoms with Crippen LogP contribution in [-0.4, -0.2) is 0 Å². The monoisotopic (exact) mass is 143 g/mol. The smallest absolute Gasteiger partial charge is 0.0192 e. The maximum Gasteiger partial charge on any atom is -0.0192 e. The molecule has 1 aliphatic rings. The molecule has 0 amide bonds. The Kier molecular flexibility index (Phi) is 1.54. The summed E-state index contributed by atoms with van der Waals surface area (Å²) in [7, 11) is 0. The Morgan fingerprint density at radius 2 is 1.91 bits per heavy atom. The van der Waals surface area contributed by atoms with Crippen molar-refractivity contribution in [3.63, 3.8) is 0 Å². The Labute approximate surface area is 67.6 Å². The molecule has 0 atom stereocenters. The van der Waals surface area contributed by atoms with Gasteiger partial charge in [-0.05, 0) is 36.0 Å². The van der Waals surface area contributed by atoms with Gasteiger partial charge in [0.05, 0.1) is 0 Å². The van der Waals surface area contributed by atoms with Crippen molar-refractivity contribution < 1.29 is 0 Å². The summed E-state index contributed by atoms with van der Waals surface area (Å²) >= 11 is 0. The predicted molar refractivity (Wildman–Crippen MR) is 47.1 cm³/mol. The molecule has 0 spiro atoms. The summed E-state index contributed by atoms with van der Waals surface area (Å²) in [5, 5.41) is 0. The van der Waals surface area contributed by atoms with Crippen molar-refractivity contribution >= 4 is 5.57 Å². The Balaban J connectivity index is 2.52. The molecular formula is C11H11. The van der Waals surface area contributed by atoms with Crippen LogP contribution in [0.15, 0.2) is 24.3 Å². The Bertz CT molecular complexity index is 284. The van der Waals surface area contributed by atoms with Gasteiger partial charge in [-0.15, -0.1) is 0 Å². The molecule has 0 fully saturated rings. The third-order valence-electron chi connectivity index (χ3n) is 2.26. The van der Waals surface area contributed by atoms with Crippen LogP contribution in [-0.2, 0) is 6.42 Å². The lowest BCUT2D eigenvalue weighted by atomic mass is 9.88. The van der Waals surface area contributed by atoms with Gasteiger partial charge >= 0.3 is 0 Å². The van der Waals surface area contributed by atoms with Crippen LogP contribution in [0.1, 0.15) is 24.0 Å². The van der Waals surface area contributed by atoms with E-state index >= 15 is 0 Å². The topological polar surface area (TPSA) is 0 Å². The van der Waals surface area contributed by atoms with E-state index in [9.17, 15) is 0 Å². The number of benzene rings is 1. The zero-order valence-corrected chi connectivity index (χ0v) is 6.51. The number of hydrogen-bond donors (Lipinski definition) is 0. The second-order valence-corrected chi connectivity index (χ2v) is 3.04. The van der Waals surface area contributed by atoms with Crippen LogP contribution in [0, 0.1) is 6.58 Å². The average Bonchev–Trinajstić information content (AvgIpc) is 2.06. The Hall–Kier alpha value is -1.04. The van der Waals surface area contributed by atoms with E-state index in [0.717, 1.165) is 12.0 Å². The first kappa shape index (κ1) is 6.66. The second kappa shape index (κ2) is 2.54. The number of fused-ring (bicyclic) bond motifs is 1. The van der Waals surface area contributed by atoms with Crippen molar-refractivity contribution in [1.82, 2.24) is 0 Å². The van der Waals surface area contributed by atoms with E-state index in [2.05, 4.69) is 24.3 Å². The summed E-state index contributed by atoms with van der Waals surface area (Å²) < 4.78 is 0. The molecule has 0 bridgehead atoms. The highest BCUT2D eigenvalue weighted by Gasteiger charge is 2.10. The minimum absolute atomic E-state index is 1.06. The fourth-order valence-electron chi connectivity index (χ4n) is 1.66. The van der Waals surface area contributed by atoms with Gasteiger partial charge in [0.2, 0.25) is 0 Å². The molecule has 55 valence electrons. The first-order chi connectivity index (χ1) is 5.38. The number of rotatable bonds is 0. The highest BCUT2D eigenvalue weighted by molar-refractivity contribution is 5.66. The predicted octanol–water partition coefficient (Wildman–Crippen LogP) is 2.84. The maximum absolute atomic E-state index is 5.86. The minimum Gasteiger partial charge on any atom is -0.0620 e. The quantitative estimate of drug-likeness (QED) is 0.524. The van der Waals surface area contributed by atoms with Gasteiger partial charge in [0.25, 0.3) is 0 Å². The van der Waals surface area contributed by atoms with Gasteiger partial charge in [0.1, 0.15) is 0 Å². The SMILES string of the molecule is [CH]=C1CCCc2ccccc21. The molecule has 0 unspecified atom stereocenters. The molecule has 0 N–H and O–H groups in total. The molecule has 1 aromatic carbocycles. The lowest BCUT2D eigenvalue weighted by Gasteiger charge is -2.16. The number of aryl methyl sites for hydroxylation is 1. The summed E-state index contributed by atoms with van der Waals surface area (Å²) in [5.41, 5.74) is 3.75. The standard InChI is InChI=1S/C11H11/c1-9-5-4-7-10-6-2-3-8-11(9)10/h1-3,6,8H,4-5,7H2. The summed E-state index contributed by atoms with van der Waals surface area (Å²) in [6.07, 6.45) is 3.47. The largest absolute Gasteiger partial charge is 0.0620 e. The van der Waals surface area contributed by atoms with Crippen LogP contribution in [0.3, 0.4) is 0 Å². The fraction of sp³-hybridized carbons (Fsp3) is 0.273. The third-order valence-corrected chi connectivity index (χ3v) is 2.26. The molecule has 0 saturated carbocycles. The van der Waals surface area contributed by atoms with E-state index in [-0.39, 0.29) is 0 Å². The van der Waals surface area contributed by atoms with E-state index in [1.54, 1.807) is 0 Å². The van der Waals surface area contributed by atoms with Gasteiger partial charge in [-0.1, -0.05) is 30.8 Å². The molecule has 0 aromatic heterocycles. The molecule has 1 aliphatic carbocycles. The maximum atomic E-state index is 5.86. The normalized spacial score (nSPS) is 16.2. The molecule has 11 heavy (non-hydrogen) atoms. The molecular weight excluding hydrogens is 132 g/mol. The van der Waals surface area contributed by atoms with E-state index in [0.29, 0.717) is 0 Å². The molecule has 2 rings (SSSR count). The first-order valence-corrected chi connectivity index (χ1v) is 4.07. The number of allylic oxidation sites excluding steroid dienone is 1. The van der Waals surface area contributed by atoms with E-state index in [1.807, 2.05) is 0 Å². The Morgan fingerprint density at radius 3 is 2.73 bits per heavy atom. The zero-order chi connectivity index (χ0) is 7.68. The van der Waals surface area contributed by atoms with Crippen LogP contribution in [0.25, 0.3) is 5.57 Å². The first-order valence-electron chi connectivity index (χ1n) is 4.07. The van der Waals surface area contributed by atoms with E-state index < -0.39 is 0 Å². The third kappa shape index (κ3) is 1.09. The van der Waals surface area contributed by atoms with Crippen molar-refractivity contribution in [2.45, 2.75) is 19.3 Å². The average molecular weight is 143 g/mol. The summed E-state index contributed by atoms with van der Waals surface area (Å²) in [5.74, 6) is 0. The fourth-order valence-corrected chi connectivity index (χ4v) is 1.66. The zero-order valence-electron chi connectivity index (χ0n) is 6.51. The highest BCUT2D eigenvalue weighted by Crippen LogP contribution is 2.28. The van der Waals surface area contributed by atoms with Crippen molar-refractivity contribution in [3.05, 3.63) is 42.0 Å². The van der Waals surface area contributed by atoms with E-state index in [1.165, 1.54) is 24.0 Å². The molecule has 0 aliphatic heterocycles. The van der Waals surface area contributed by atoms with E-state index in [4.69, 9.17) is 6.58 Å². The van der Waals surface area contributed by atoms with Gasteiger partial charge in [-0.3, -0.25) is 0 Å². The molecule has 0 nitrogen and oxygen atoms in total. The van der Waals surface area contributed by atoms with Crippen LogP contribution in [0.5, 0.6) is 0 Å². The molecule has 0 heterocycles. The number of hydrogen-bond acceptors (Lipinski definition) is 0. The van der Waals surface area contributed by atoms with Gasteiger partial charge in [0.15, 0.2) is 0 Å². The summed E-state index contributed by atoms with van der Waals surface area (Å²) in [6.45, 7) is 5.86. The van der Waals surface area contributed by atoms with Crippen LogP contribution < -0.4 is 0 Å². The van der Waals surface area contributed by atoms with Gasteiger partial charge in [-0.25, -0.2) is 0 Å². The molecule has 1 radical (unpaired) electrons. The van der Waals surface area contributed by atoms with Gasteiger partial charge < -0.3 is 0 Å².